The Bertz CT molecular complexity index is 527. The van der Waals surface area contributed by atoms with Crippen molar-refractivity contribution in [1.82, 2.24) is 20.1 Å². The molecule has 22 heavy (non-hydrogen) atoms. The minimum absolute atomic E-state index is 0.399. The van der Waals surface area contributed by atoms with Gasteiger partial charge < -0.3 is 10.1 Å². The van der Waals surface area contributed by atoms with Crippen LogP contribution in [-0.2, 0) is 4.74 Å². The fourth-order valence-corrected chi connectivity index (χ4v) is 4.29. The van der Waals surface area contributed by atoms with Crippen molar-refractivity contribution < 1.29 is 4.74 Å². The van der Waals surface area contributed by atoms with E-state index in [0.29, 0.717) is 23.3 Å². The minimum atomic E-state index is 0.399. The summed E-state index contributed by atoms with van der Waals surface area (Å²) >= 11 is 0. The summed E-state index contributed by atoms with van der Waals surface area (Å²) in [5.74, 6) is 3.47. The molecule has 1 atom stereocenters. The topological polar surface area (TPSA) is 52.0 Å². The number of hydrogen-bond donors (Lipinski definition) is 1. The van der Waals surface area contributed by atoms with Crippen LogP contribution in [0.25, 0.3) is 0 Å². The number of nitrogens with zero attached hydrogens (tertiary/aromatic N) is 3. The second-order valence-electron chi connectivity index (χ2n) is 7.62. The van der Waals surface area contributed by atoms with Crippen molar-refractivity contribution in [2.24, 2.45) is 5.41 Å². The van der Waals surface area contributed by atoms with E-state index < -0.39 is 0 Å². The largest absolute Gasteiger partial charge is 0.381 e. The van der Waals surface area contributed by atoms with Crippen LogP contribution in [0.15, 0.2) is 0 Å². The lowest BCUT2D eigenvalue weighted by molar-refractivity contribution is 0.0835. The second kappa shape index (κ2) is 5.60. The molecule has 1 N–H and O–H groups in total. The van der Waals surface area contributed by atoms with Gasteiger partial charge in [-0.15, -0.1) is 0 Å². The smallest absolute Gasteiger partial charge is 0.154 e. The third-order valence-electron chi connectivity index (χ3n) is 5.85. The maximum absolute atomic E-state index is 5.49. The van der Waals surface area contributed by atoms with Crippen molar-refractivity contribution in [2.45, 2.75) is 63.8 Å². The summed E-state index contributed by atoms with van der Waals surface area (Å²) in [4.78, 5) is 5.04. The predicted octanol–water partition coefficient (Wildman–Crippen LogP) is 2.61. The first-order chi connectivity index (χ1) is 10.7. The molecule has 3 fully saturated rings. The van der Waals surface area contributed by atoms with Gasteiger partial charge in [-0.05, 0) is 64.5 Å². The van der Waals surface area contributed by atoms with E-state index in [9.17, 15) is 0 Å². The SMILES string of the molecule is CC(C)n1nc(C2CCOCC2)nc1[C@@H]1CC12CCNCC2. The average Bonchev–Trinajstić information content (AvgIpc) is 3.04. The van der Waals surface area contributed by atoms with Crippen molar-refractivity contribution >= 4 is 0 Å². The highest BCUT2D eigenvalue weighted by Gasteiger charge is 2.56. The third-order valence-corrected chi connectivity index (χ3v) is 5.85. The van der Waals surface area contributed by atoms with Crippen molar-refractivity contribution in [3.63, 3.8) is 0 Å². The van der Waals surface area contributed by atoms with Gasteiger partial charge in [-0.3, -0.25) is 0 Å². The van der Waals surface area contributed by atoms with Crippen LogP contribution in [0.1, 0.15) is 75.5 Å². The zero-order valence-corrected chi connectivity index (χ0v) is 13.8. The summed E-state index contributed by atoms with van der Waals surface area (Å²) in [6, 6.07) is 0.399. The van der Waals surface area contributed by atoms with E-state index in [-0.39, 0.29) is 0 Å². The van der Waals surface area contributed by atoms with Gasteiger partial charge >= 0.3 is 0 Å². The lowest BCUT2D eigenvalue weighted by atomic mass is 9.91. The lowest BCUT2D eigenvalue weighted by Gasteiger charge is -2.23. The van der Waals surface area contributed by atoms with Crippen LogP contribution in [0, 0.1) is 5.41 Å². The fourth-order valence-electron chi connectivity index (χ4n) is 4.29. The van der Waals surface area contributed by atoms with Gasteiger partial charge in [-0.1, -0.05) is 0 Å². The summed E-state index contributed by atoms with van der Waals surface area (Å²) in [5, 5.41) is 8.40. The van der Waals surface area contributed by atoms with Crippen LogP contribution in [0.2, 0.25) is 0 Å². The molecule has 5 heteroatoms. The molecule has 0 aromatic carbocycles. The summed E-state index contributed by atoms with van der Waals surface area (Å²) in [6.07, 6.45) is 6.06. The van der Waals surface area contributed by atoms with Crippen molar-refractivity contribution in [1.29, 1.82) is 0 Å². The molecule has 3 aliphatic rings. The van der Waals surface area contributed by atoms with Crippen LogP contribution >= 0.6 is 0 Å². The Kier molecular flexibility index (Phi) is 3.73. The Morgan fingerprint density at radius 2 is 1.95 bits per heavy atom. The highest BCUT2D eigenvalue weighted by Crippen LogP contribution is 2.64. The highest BCUT2D eigenvalue weighted by atomic mass is 16.5. The lowest BCUT2D eigenvalue weighted by Crippen LogP contribution is -2.29. The standard InChI is InChI=1S/C17H28N4O/c1-12(2)21-16(14-11-17(14)5-7-18-8-6-17)19-15(20-21)13-3-9-22-10-4-13/h12-14,18H,3-11H2,1-2H3/t14-/m0/s1. The molecule has 3 heterocycles. The van der Waals surface area contributed by atoms with Crippen LogP contribution < -0.4 is 5.32 Å². The normalized spacial score (nSPS) is 28.4. The van der Waals surface area contributed by atoms with E-state index >= 15 is 0 Å². The Morgan fingerprint density at radius 3 is 2.64 bits per heavy atom. The summed E-state index contributed by atoms with van der Waals surface area (Å²) < 4.78 is 7.70. The predicted molar refractivity (Wildman–Crippen MR) is 85.1 cm³/mol. The fraction of sp³-hybridized carbons (Fsp3) is 0.882. The summed E-state index contributed by atoms with van der Waals surface area (Å²) in [5.41, 5.74) is 0.526. The molecule has 1 aromatic heterocycles. The van der Waals surface area contributed by atoms with Crippen LogP contribution in [0.4, 0.5) is 0 Å². The molecular formula is C17H28N4O. The molecule has 122 valence electrons. The molecule has 0 amide bonds. The van der Waals surface area contributed by atoms with Gasteiger partial charge in [0, 0.05) is 31.1 Å². The first-order valence-corrected chi connectivity index (χ1v) is 8.94. The molecule has 0 radical (unpaired) electrons. The number of nitrogens with one attached hydrogen (secondary N) is 1. The number of hydrogen-bond acceptors (Lipinski definition) is 4. The zero-order chi connectivity index (χ0) is 15.2. The molecule has 1 aliphatic carbocycles. The molecule has 1 spiro atoms. The van der Waals surface area contributed by atoms with Gasteiger partial charge in [-0.25, -0.2) is 9.67 Å². The van der Waals surface area contributed by atoms with Crippen molar-refractivity contribution in [2.75, 3.05) is 26.3 Å². The molecule has 2 aliphatic heterocycles. The first-order valence-electron chi connectivity index (χ1n) is 8.94. The number of rotatable bonds is 3. The molecular weight excluding hydrogens is 276 g/mol. The Labute approximate surface area is 132 Å². The van der Waals surface area contributed by atoms with Gasteiger partial charge in [0.25, 0.3) is 0 Å². The second-order valence-corrected chi connectivity index (χ2v) is 7.62. The minimum Gasteiger partial charge on any atom is -0.381 e. The zero-order valence-electron chi connectivity index (χ0n) is 13.8. The molecule has 0 unspecified atom stereocenters. The van der Waals surface area contributed by atoms with Gasteiger partial charge in [0.05, 0.1) is 0 Å². The van der Waals surface area contributed by atoms with Gasteiger partial charge in [0.2, 0.25) is 0 Å². The van der Waals surface area contributed by atoms with Crippen LogP contribution in [-0.4, -0.2) is 41.1 Å². The Morgan fingerprint density at radius 1 is 1.23 bits per heavy atom. The van der Waals surface area contributed by atoms with Crippen LogP contribution in [0.3, 0.4) is 0 Å². The van der Waals surface area contributed by atoms with E-state index in [1.165, 1.54) is 38.2 Å². The van der Waals surface area contributed by atoms with Crippen molar-refractivity contribution in [3.05, 3.63) is 11.6 Å². The Hall–Kier alpha value is -0.940. The average molecular weight is 304 g/mol. The maximum Gasteiger partial charge on any atom is 0.154 e. The quantitative estimate of drug-likeness (QED) is 0.932. The van der Waals surface area contributed by atoms with E-state index in [2.05, 4.69) is 23.8 Å². The first kappa shape index (κ1) is 14.6. The third kappa shape index (κ3) is 2.48. The molecule has 4 rings (SSSR count). The molecule has 1 aromatic rings. The number of aromatic nitrogens is 3. The molecule has 1 saturated carbocycles. The number of piperidine rings is 1. The van der Waals surface area contributed by atoms with Gasteiger partial charge in [0.15, 0.2) is 5.82 Å². The van der Waals surface area contributed by atoms with Crippen molar-refractivity contribution in [3.8, 4) is 0 Å². The summed E-state index contributed by atoms with van der Waals surface area (Å²) in [6.45, 7) is 8.50. The Balaban J connectivity index is 1.59. The monoisotopic (exact) mass is 304 g/mol. The molecule has 5 nitrogen and oxygen atoms in total. The summed E-state index contributed by atoms with van der Waals surface area (Å²) in [7, 11) is 0. The highest BCUT2D eigenvalue weighted by molar-refractivity contribution is 5.21. The van der Waals surface area contributed by atoms with E-state index in [4.69, 9.17) is 14.8 Å². The van der Waals surface area contributed by atoms with E-state index in [1.54, 1.807) is 0 Å². The van der Waals surface area contributed by atoms with E-state index in [0.717, 1.165) is 31.9 Å². The number of ether oxygens (including phenoxy) is 1. The van der Waals surface area contributed by atoms with Gasteiger partial charge in [0.1, 0.15) is 5.82 Å². The molecule has 2 saturated heterocycles. The van der Waals surface area contributed by atoms with Crippen LogP contribution in [0.5, 0.6) is 0 Å². The van der Waals surface area contributed by atoms with E-state index in [1.807, 2.05) is 0 Å². The molecule has 0 bridgehead atoms. The van der Waals surface area contributed by atoms with Gasteiger partial charge in [-0.2, -0.15) is 5.10 Å². The maximum atomic E-state index is 5.49.